The third-order valence-corrected chi connectivity index (χ3v) is 5.67. The SMILES string of the molecule is COc1ccccc1CCNC(=O)CCN(CC1CCCO1)S(C)(=O)=O. The van der Waals surface area contributed by atoms with Crippen LogP contribution in [0.5, 0.6) is 5.75 Å². The van der Waals surface area contributed by atoms with Crippen molar-refractivity contribution in [2.75, 3.05) is 39.6 Å². The summed E-state index contributed by atoms with van der Waals surface area (Å²) >= 11 is 0. The number of rotatable bonds is 10. The zero-order valence-electron chi connectivity index (χ0n) is 15.4. The van der Waals surface area contributed by atoms with Crippen molar-refractivity contribution in [3.8, 4) is 5.75 Å². The first-order valence-electron chi connectivity index (χ1n) is 8.85. The fraction of sp³-hybridized carbons (Fsp3) is 0.611. The molecule has 7 nitrogen and oxygen atoms in total. The monoisotopic (exact) mass is 384 g/mol. The average Bonchev–Trinajstić information content (AvgIpc) is 3.11. The Morgan fingerprint density at radius 2 is 2.15 bits per heavy atom. The zero-order chi connectivity index (χ0) is 19.0. The molecule has 1 N–H and O–H groups in total. The fourth-order valence-corrected chi connectivity index (χ4v) is 3.83. The second-order valence-electron chi connectivity index (χ2n) is 6.42. The standard InChI is InChI=1S/C18H28N2O5S/c1-24-17-8-4-3-6-15(17)9-11-19-18(21)10-12-20(26(2,22)23)14-16-7-5-13-25-16/h3-4,6,8,16H,5,7,9-14H2,1-2H3,(H,19,21). The zero-order valence-corrected chi connectivity index (χ0v) is 16.3. The summed E-state index contributed by atoms with van der Waals surface area (Å²) in [4.78, 5) is 12.1. The molecule has 0 aliphatic carbocycles. The molecule has 8 heteroatoms. The normalized spacial score (nSPS) is 17.4. The molecule has 1 saturated heterocycles. The first-order valence-corrected chi connectivity index (χ1v) is 10.7. The minimum atomic E-state index is -3.36. The molecular weight excluding hydrogens is 356 g/mol. The molecule has 1 heterocycles. The fourth-order valence-electron chi connectivity index (χ4n) is 2.97. The molecule has 1 atom stereocenters. The number of para-hydroxylation sites is 1. The lowest BCUT2D eigenvalue weighted by molar-refractivity contribution is -0.121. The van der Waals surface area contributed by atoms with Crippen molar-refractivity contribution >= 4 is 15.9 Å². The van der Waals surface area contributed by atoms with Crippen LogP contribution in [-0.4, -0.2) is 64.3 Å². The van der Waals surface area contributed by atoms with E-state index in [0.29, 0.717) is 26.1 Å². The van der Waals surface area contributed by atoms with Crippen LogP contribution in [0.2, 0.25) is 0 Å². The third kappa shape index (κ3) is 6.59. The van der Waals surface area contributed by atoms with Crippen LogP contribution in [0.4, 0.5) is 0 Å². The summed E-state index contributed by atoms with van der Waals surface area (Å²) in [5, 5.41) is 2.84. The van der Waals surface area contributed by atoms with E-state index in [4.69, 9.17) is 9.47 Å². The molecule has 1 fully saturated rings. The van der Waals surface area contributed by atoms with Crippen molar-refractivity contribution in [3.05, 3.63) is 29.8 Å². The molecule has 0 aromatic heterocycles. The van der Waals surface area contributed by atoms with E-state index in [2.05, 4.69) is 5.32 Å². The number of nitrogens with zero attached hydrogens (tertiary/aromatic N) is 1. The van der Waals surface area contributed by atoms with Gasteiger partial charge in [0.1, 0.15) is 5.75 Å². The first kappa shape index (κ1) is 20.7. The summed E-state index contributed by atoms with van der Waals surface area (Å²) in [5.74, 6) is 0.627. The molecule has 146 valence electrons. The van der Waals surface area contributed by atoms with Gasteiger partial charge in [-0.3, -0.25) is 4.79 Å². The van der Waals surface area contributed by atoms with E-state index in [1.54, 1.807) is 7.11 Å². The lowest BCUT2D eigenvalue weighted by atomic mass is 10.1. The van der Waals surface area contributed by atoms with Gasteiger partial charge in [0.15, 0.2) is 0 Å². The van der Waals surface area contributed by atoms with Gasteiger partial charge in [-0.25, -0.2) is 8.42 Å². The van der Waals surface area contributed by atoms with Crippen molar-refractivity contribution in [2.45, 2.75) is 31.8 Å². The van der Waals surface area contributed by atoms with Gasteiger partial charge in [-0.2, -0.15) is 4.31 Å². The van der Waals surface area contributed by atoms with E-state index in [-0.39, 0.29) is 25.0 Å². The maximum atomic E-state index is 12.1. The number of hydrogen-bond donors (Lipinski definition) is 1. The highest BCUT2D eigenvalue weighted by atomic mass is 32.2. The number of sulfonamides is 1. The minimum absolute atomic E-state index is 0.0710. The van der Waals surface area contributed by atoms with E-state index in [1.807, 2.05) is 24.3 Å². The van der Waals surface area contributed by atoms with Crippen molar-refractivity contribution in [1.82, 2.24) is 9.62 Å². The van der Waals surface area contributed by atoms with Crippen molar-refractivity contribution < 1.29 is 22.7 Å². The highest BCUT2D eigenvalue weighted by molar-refractivity contribution is 7.88. The van der Waals surface area contributed by atoms with Crippen LogP contribution >= 0.6 is 0 Å². The van der Waals surface area contributed by atoms with Crippen molar-refractivity contribution in [1.29, 1.82) is 0 Å². The Kier molecular flexibility index (Phi) is 7.86. The summed E-state index contributed by atoms with van der Waals surface area (Å²) < 4.78 is 36.0. The minimum Gasteiger partial charge on any atom is -0.496 e. The molecular formula is C18H28N2O5S. The van der Waals surface area contributed by atoms with Gasteiger partial charge in [-0.05, 0) is 30.9 Å². The lowest BCUT2D eigenvalue weighted by Crippen LogP contribution is -2.39. The van der Waals surface area contributed by atoms with Crippen LogP contribution in [0.3, 0.4) is 0 Å². The summed E-state index contributed by atoms with van der Waals surface area (Å²) in [6.45, 7) is 1.63. The number of methoxy groups -OCH3 is 1. The maximum Gasteiger partial charge on any atom is 0.221 e. The van der Waals surface area contributed by atoms with E-state index in [0.717, 1.165) is 24.2 Å². The molecule has 0 spiro atoms. The number of hydrogen-bond acceptors (Lipinski definition) is 5. The van der Waals surface area contributed by atoms with Crippen LogP contribution in [0.1, 0.15) is 24.8 Å². The summed E-state index contributed by atoms with van der Waals surface area (Å²) in [7, 11) is -1.75. The first-order chi connectivity index (χ1) is 12.4. The second kappa shape index (κ2) is 9.89. The number of carbonyl (C=O) groups excluding carboxylic acids is 1. The highest BCUT2D eigenvalue weighted by Gasteiger charge is 2.25. The van der Waals surface area contributed by atoms with E-state index in [1.165, 1.54) is 10.6 Å². The Bertz CT molecular complexity index is 687. The number of carbonyl (C=O) groups is 1. The molecule has 0 radical (unpaired) electrons. The van der Waals surface area contributed by atoms with Gasteiger partial charge < -0.3 is 14.8 Å². The van der Waals surface area contributed by atoms with Crippen molar-refractivity contribution in [3.63, 3.8) is 0 Å². The van der Waals surface area contributed by atoms with Gasteiger partial charge in [0.25, 0.3) is 0 Å². The Balaban J connectivity index is 1.76. The molecule has 1 aromatic carbocycles. The quantitative estimate of drug-likeness (QED) is 0.655. The second-order valence-corrected chi connectivity index (χ2v) is 8.40. The van der Waals surface area contributed by atoms with Gasteiger partial charge in [-0.15, -0.1) is 0 Å². The van der Waals surface area contributed by atoms with Crippen LogP contribution in [-0.2, 0) is 26.0 Å². The predicted molar refractivity (Wildman–Crippen MR) is 99.7 cm³/mol. The van der Waals surface area contributed by atoms with E-state index >= 15 is 0 Å². The maximum absolute atomic E-state index is 12.1. The average molecular weight is 384 g/mol. The molecule has 0 saturated carbocycles. The van der Waals surface area contributed by atoms with Gasteiger partial charge >= 0.3 is 0 Å². The van der Waals surface area contributed by atoms with Crippen LogP contribution in [0.15, 0.2) is 24.3 Å². The molecule has 1 unspecified atom stereocenters. The Labute approximate surface area is 155 Å². The Hall–Kier alpha value is -1.64. The predicted octanol–water partition coefficient (Wildman–Crippen LogP) is 1.18. The molecule has 1 aliphatic rings. The smallest absolute Gasteiger partial charge is 0.221 e. The summed E-state index contributed by atoms with van der Waals surface area (Å²) in [6.07, 6.45) is 3.69. The number of ether oxygens (including phenoxy) is 2. The number of nitrogens with one attached hydrogen (secondary N) is 1. The molecule has 2 rings (SSSR count). The summed E-state index contributed by atoms with van der Waals surface area (Å²) in [6, 6.07) is 7.66. The molecule has 26 heavy (non-hydrogen) atoms. The van der Waals surface area contributed by atoms with E-state index in [9.17, 15) is 13.2 Å². The topological polar surface area (TPSA) is 84.9 Å². The van der Waals surface area contributed by atoms with Gasteiger partial charge in [0, 0.05) is 32.7 Å². The van der Waals surface area contributed by atoms with Crippen LogP contribution < -0.4 is 10.1 Å². The molecule has 0 bridgehead atoms. The molecule has 1 amide bonds. The highest BCUT2D eigenvalue weighted by Crippen LogP contribution is 2.17. The van der Waals surface area contributed by atoms with Gasteiger partial charge in [0.2, 0.25) is 15.9 Å². The van der Waals surface area contributed by atoms with Crippen molar-refractivity contribution in [2.24, 2.45) is 0 Å². The Morgan fingerprint density at radius 1 is 1.38 bits per heavy atom. The van der Waals surface area contributed by atoms with Crippen LogP contribution in [0, 0.1) is 0 Å². The number of benzene rings is 1. The van der Waals surface area contributed by atoms with Gasteiger partial charge in [0.05, 0.1) is 19.5 Å². The molecule has 1 aliphatic heterocycles. The van der Waals surface area contributed by atoms with Gasteiger partial charge in [-0.1, -0.05) is 18.2 Å². The third-order valence-electron chi connectivity index (χ3n) is 4.40. The number of amides is 1. The largest absolute Gasteiger partial charge is 0.496 e. The summed E-state index contributed by atoms with van der Waals surface area (Å²) in [5.41, 5.74) is 1.02. The molecule has 1 aromatic rings. The van der Waals surface area contributed by atoms with Crippen LogP contribution in [0.25, 0.3) is 0 Å². The Morgan fingerprint density at radius 3 is 2.81 bits per heavy atom. The lowest BCUT2D eigenvalue weighted by Gasteiger charge is -2.22. The van der Waals surface area contributed by atoms with E-state index < -0.39 is 10.0 Å².